The van der Waals surface area contributed by atoms with Crippen LogP contribution < -0.4 is 16.1 Å². The van der Waals surface area contributed by atoms with Crippen molar-refractivity contribution in [1.29, 1.82) is 0 Å². The smallest absolute Gasteiger partial charge is 0.312 e. The van der Waals surface area contributed by atoms with E-state index < -0.39 is 17.1 Å². The van der Waals surface area contributed by atoms with Gasteiger partial charge in [0, 0.05) is 31.4 Å². The van der Waals surface area contributed by atoms with Crippen molar-refractivity contribution in [2.45, 2.75) is 20.0 Å². The van der Waals surface area contributed by atoms with Gasteiger partial charge in [0.05, 0.1) is 6.54 Å². The molecule has 4 aromatic rings. The van der Waals surface area contributed by atoms with E-state index in [-0.39, 0.29) is 12.5 Å². The standard InChI is InChI=1S/C23H22FN5O2/c1-15-12-27(17-9-4-3-5-10-17)22-25-20-19(28(22)13-15)21(30)29(23(31)26(20)2)14-16-8-6-7-11-18(16)24/h3-11,15H,12-14H2,1-2H3/t15-/m0/s1. The van der Waals surface area contributed by atoms with E-state index in [4.69, 9.17) is 4.98 Å². The molecule has 158 valence electrons. The highest BCUT2D eigenvalue weighted by molar-refractivity contribution is 5.77. The molecular weight excluding hydrogens is 397 g/mol. The Morgan fingerprint density at radius 1 is 1.03 bits per heavy atom. The quantitative estimate of drug-likeness (QED) is 0.512. The topological polar surface area (TPSA) is 65.1 Å². The number of hydrogen-bond acceptors (Lipinski definition) is 4. The van der Waals surface area contributed by atoms with Crippen molar-refractivity contribution in [3.63, 3.8) is 0 Å². The summed E-state index contributed by atoms with van der Waals surface area (Å²) >= 11 is 0. The van der Waals surface area contributed by atoms with Crippen LogP contribution in [0, 0.1) is 11.7 Å². The molecule has 1 atom stereocenters. The molecule has 0 saturated heterocycles. The first-order valence-electron chi connectivity index (χ1n) is 10.2. The number of fused-ring (bicyclic) bond motifs is 3. The fourth-order valence-corrected chi connectivity index (χ4v) is 4.27. The van der Waals surface area contributed by atoms with Gasteiger partial charge in [0.1, 0.15) is 5.82 Å². The van der Waals surface area contributed by atoms with Crippen LogP contribution in [0.3, 0.4) is 0 Å². The maximum absolute atomic E-state index is 14.2. The predicted octanol–water partition coefficient (Wildman–Crippen LogP) is 2.87. The number of hydrogen-bond donors (Lipinski definition) is 0. The molecule has 0 bridgehead atoms. The normalized spacial score (nSPS) is 16.0. The fourth-order valence-electron chi connectivity index (χ4n) is 4.27. The molecule has 0 saturated carbocycles. The third kappa shape index (κ3) is 3.06. The van der Waals surface area contributed by atoms with Gasteiger partial charge in [-0.25, -0.2) is 9.18 Å². The summed E-state index contributed by atoms with van der Waals surface area (Å²) in [5, 5.41) is 0. The number of halogens is 1. The van der Waals surface area contributed by atoms with E-state index in [1.807, 2.05) is 34.9 Å². The van der Waals surface area contributed by atoms with E-state index >= 15 is 0 Å². The summed E-state index contributed by atoms with van der Waals surface area (Å²) in [4.78, 5) is 33.2. The molecule has 0 spiro atoms. The molecule has 3 heterocycles. The molecule has 0 fully saturated rings. The predicted molar refractivity (Wildman–Crippen MR) is 117 cm³/mol. The van der Waals surface area contributed by atoms with E-state index in [1.54, 1.807) is 25.2 Å². The lowest BCUT2D eigenvalue weighted by Crippen LogP contribution is -2.40. The van der Waals surface area contributed by atoms with Gasteiger partial charge in [-0.15, -0.1) is 0 Å². The zero-order valence-corrected chi connectivity index (χ0v) is 17.3. The van der Waals surface area contributed by atoms with Gasteiger partial charge in [-0.2, -0.15) is 4.98 Å². The van der Waals surface area contributed by atoms with E-state index in [0.717, 1.165) is 16.8 Å². The molecule has 7 nitrogen and oxygen atoms in total. The van der Waals surface area contributed by atoms with Gasteiger partial charge in [-0.1, -0.05) is 43.3 Å². The lowest BCUT2D eigenvalue weighted by Gasteiger charge is -2.32. The van der Waals surface area contributed by atoms with Gasteiger partial charge in [0.25, 0.3) is 5.56 Å². The van der Waals surface area contributed by atoms with Crippen LogP contribution in [0.1, 0.15) is 12.5 Å². The van der Waals surface area contributed by atoms with Crippen LogP contribution in [0.15, 0.2) is 64.2 Å². The molecule has 2 aromatic heterocycles. The Morgan fingerprint density at radius 3 is 2.48 bits per heavy atom. The van der Waals surface area contributed by atoms with Crippen molar-refractivity contribution >= 4 is 22.8 Å². The second-order valence-corrected chi connectivity index (χ2v) is 8.07. The summed E-state index contributed by atoms with van der Waals surface area (Å²) in [5.41, 5.74) is 0.990. The molecule has 0 unspecified atom stereocenters. The van der Waals surface area contributed by atoms with Crippen molar-refractivity contribution in [3.05, 3.63) is 86.8 Å². The Morgan fingerprint density at radius 2 is 1.74 bits per heavy atom. The number of nitrogens with zero attached hydrogens (tertiary/aromatic N) is 5. The van der Waals surface area contributed by atoms with E-state index in [2.05, 4.69) is 11.8 Å². The van der Waals surface area contributed by atoms with Gasteiger partial charge in [0.2, 0.25) is 5.95 Å². The van der Waals surface area contributed by atoms with Gasteiger partial charge in [-0.3, -0.25) is 13.9 Å². The second-order valence-electron chi connectivity index (χ2n) is 8.07. The van der Waals surface area contributed by atoms with E-state index in [9.17, 15) is 14.0 Å². The Balaban J connectivity index is 1.74. The minimum Gasteiger partial charge on any atom is -0.312 e. The van der Waals surface area contributed by atoms with Crippen LogP contribution in [0.5, 0.6) is 0 Å². The zero-order chi connectivity index (χ0) is 21.7. The monoisotopic (exact) mass is 419 g/mol. The lowest BCUT2D eigenvalue weighted by molar-refractivity contribution is 0.458. The largest absolute Gasteiger partial charge is 0.332 e. The first-order valence-corrected chi connectivity index (χ1v) is 10.2. The molecule has 5 rings (SSSR count). The average molecular weight is 419 g/mol. The number of para-hydroxylation sites is 1. The van der Waals surface area contributed by atoms with Gasteiger partial charge in [-0.05, 0) is 24.1 Å². The molecule has 1 aliphatic heterocycles. The third-order valence-corrected chi connectivity index (χ3v) is 5.80. The molecular formula is C23H22FN5O2. The van der Waals surface area contributed by atoms with Crippen LogP contribution in [0.4, 0.5) is 16.0 Å². The summed E-state index contributed by atoms with van der Waals surface area (Å²) in [6.45, 7) is 3.35. The summed E-state index contributed by atoms with van der Waals surface area (Å²) in [5.74, 6) is 0.451. The Labute approximate surface area is 177 Å². The van der Waals surface area contributed by atoms with Crippen LogP contribution in [0.2, 0.25) is 0 Å². The van der Waals surface area contributed by atoms with Gasteiger partial charge >= 0.3 is 5.69 Å². The third-order valence-electron chi connectivity index (χ3n) is 5.80. The summed E-state index contributed by atoms with van der Waals surface area (Å²) < 4.78 is 18.6. The number of imidazole rings is 1. The van der Waals surface area contributed by atoms with E-state index in [1.165, 1.54) is 10.6 Å². The van der Waals surface area contributed by atoms with Gasteiger partial charge in [0.15, 0.2) is 11.2 Å². The van der Waals surface area contributed by atoms with Gasteiger partial charge < -0.3 is 9.47 Å². The average Bonchev–Trinajstić information content (AvgIpc) is 3.16. The Hall–Kier alpha value is -3.68. The molecule has 8 heteroatoms. The fraction of sp³-hybridized carbons (Fsp3) is 0.261. The van der Waals surface area contributed by atoms with Crippen LogP contribution in [0.25, 0.3) is 11.2 Å². The van der Waals surface area contributed by atoms with Crippen LogP contribution in [-0.4, -0.2) is 25.2 Å². The number of aryl methyl sites for hydroxylation is 1. The first kappa shape index (κ1) is 19.3. The molecule has 0 radical (unpaired) electrons. The maximum atomic E-state index is 14.2. The van der Waals surface area contributed by atoms with E-state index in [0.29, 0.717) is 29.2 Å². The summed E-state index contributed by atoms with van der Waals surface area (Å²) in [6.07, 6.45) is 0. The molecule has 31 heavy (non-hydrogen) atoms. The van der Waals surface area contributed by atoms with Crippen LogP contribution in [-0.2, 0) is 20.1 Å². The first-order chi connectivity index (χ1) is 15.0. The Bertz CT molecular complexity index is 1400. The highest BCUT2D eigenvalue weighted by Gasteiger charge is 2.29. The van der Waals surface area contributed by atoms with Crippen molar-refractivity contribution in [2.24, 2.45) is 13.0 Å². The lowest BCUT2D eigenvalue weighted by atomic mass is 10.1. The van der Waals surface area contributed by atoms with Crippen molar-refractivity contribution in [1.82, 2.24) is 18.7 Å². The Kier molecular flexibility index (Phi) is 4.50. The molecule has 0 N–H and O–H groups in total. The number of benzene rings is 2. The number of anilines is 2. The maximum Gasteiger partial charge on any atom is 0.332 e. The van der Waals surface area contributed by atoms with Crippen LogP contribution >= 0.6 is 0 Å². The minimum atomic E-state index is -0.518. The number of rotatable bonds is 3. The van der Waals surface area contributed by atoms with Crippen molar-refractivity contribution in [2.75, 3.05) is 11.4 Å². The minimum absolute atomic E-state index is 0.132. The molecule has 0 amide bonds. The summed E-state index contributed by atoms with van der Waals surface area (Å²) in [6, 6.07) is 16.0. The molecule has 0 aliphatic carbocycles. The molecule has 1 aliphatic rings. The number of aromatic nitrogens is 4. The van der Waals surface area contributed by atoms with Crippen molar-refractivity contribution < 1.29 is 4.39 Å². The molecule has 2 aromatic carbocycles. The highest BCUT2D eigenvalue weighted by atomic mass is 19.1. The summed E-state index contributed by atoms with van der Waals surface area (Å²) in [7, 11) is 1.59. The zero-order valence-electron chi connectivity index (χ0n) is 17.3. The van der Waals surface area contributed by atoms with Crippen molar-refractivity contribution in [3.8, 4) is 0 Å². The SMILES string of the molecule is C[C@H]1CN(c2ccccc2)c2nc3c(c(=O)n(Cc4ccccc4F)c(=O)n3C)n2C1. The highest BCUT2D eigenvalue weighted by Crippen LogP contribution is 2.32. The second kappa shape index (κ2) is 7.23.